The molecule has 0 aromatic carbocycles. The smallest absolute Gasteiger partial charge is 0.195 e. The second-order valence-electron chi connectivity index (χ2n) is 4.03. The Bertz CT molecular complexity index is 783. The SMILES string of the molecule is Cc1cc(C=O)nc(SCc2c(Cl)nc3sccn23)n1. The Morgan fingerprint density at radius 2 is 2.30 bits per heavy atom. The number of nitrogens with zero attached hydrogens (tertiary/aromatic N) is 4. The second kappa shape index (κ2) is 5.51. The first-order valence-electron chi connectivity index (χ1n) is 5.71. The monoisotopic (exact) mass is 324 g/mol. The number of halogens is 1. The molecule has 0 saturated heterocycles. The Morgan fingerprint density at radius 3 is 3.10 bits per heavy atom. The van der Waals surface area contributed by atoms with E-state index in [1.54, 1.807) is 6.07 Å². The molecule has 0 N–H and O–H groups in total. The predicted octanol–water partition coefficient (Wildman–Crippen LogP) is 3.25. The minimum Gasteiger partial charge on any atom is -0.296 e. The van der Waals surface area contributed by atoms with Crippen LogP contribution in [-0.2, 0) is 5.75 Å². The van der Waals surface area contributed by atoms with Crippen molar-refractivity contribution in [3.8, 4) is 0 Å². The number of aldehydes is 1. The maximum atomic E-state index is 10.8. The first-order chi connectivity index (χ1) is 9.67. The summed E-state index contributed by atoms with van der Waals surface area (Å²) in [4.78, 5) is 24.4. The van der Waals surface area contributed by atoms with E-state index in [4.69, 9.17) is 11.6 Å². The zero-order valence-corrected chi connectivity index (χ0v) is 12.8. The van der Waals surface area contributed by atoms with Crippen molar-refractivity contribution < 1.29 is 4.79 Å². The molecule has 0 aliphatic carbocycles. The van der Waals surface area contributed by atoms with Gasteiger partial charge in [0.2, 0.25) is 0 Å². The van der Waals surface area contributed by atoms with Crippen molar-refractivity contribution in [2.24, 2.45) is 0 Å². The van der Waals surface area contributed by atoms with Gasteiger partial charge in [0.25, 0.3) is 0 Å². The fraction of sp³-hybridized carbons (Fsp3) is 0.167. The van der Waals surface area contributed by atoms with Gasteiger partial charge in [-0.05, 0) is 13.0 Å². The van der Waals surface area contributed by atoms with Crippen LogP contribution in [0.15, 0.2) is 22.8 Å². The van der Waals surface area contributed by atoms with Crippen LogP contribution < -0.4 is 0 Å². The van der Waals surface area contributed by atoms with Crippen molar-refractivity contribution in [2.75, 3.05) is 0 Å². The van der Waals surface area contributed by atoms with Crippen LogP contribution in [0.25, 0.3) is 4.96 Å². The lowest BCUT2D eigenvalue weighted by molar-refractivity contribution is 0.111. The fourth-order valence-corrected chi connectivity index (χ4v) is 3.78. The second-order valence-corrected chi connectivity index (χ2v) is 6.20. The number of hydrogen-bond donors (Lipinski definition) is 0. The van der Waals surface area contributed by atoms with Crippen LogP contribution >= 0.6 is 34.7 Å². The van der Waals surface area contributed by atoms with Gasteiger partial charge < -0.3 is 0 Å². The molecule has 0 fully saturated rings. The molecule has 0 aliphatic rings. The van der Waals surface area contributed by atoms with Crippen LogP contribution in [0.3, 0.4) is 0 Å². The fourth-order valence-electron chi connectivity index (χ4n) is 1.76. The zero-order valence-electron chi connectivity index (χ0n) is 10.4. The van der Waals surface area contributed by atoms with E-state index in [1.807, 2.05) is 22.9 Å². The van der Waals surface area contributed by atoms with Crippen molar-refractivity contribution in [1.82, 2.24) is 19.4 Å². The lowest BCUT2D eigenvalue weighted by Crippen LogP contribution is -1.96. The lowest BCUT2D eigenvalue weighted by atomic mass is 10.4. The number of carbonyl (C=O) groups is 1. The highest BCUT2D eigenvalue weighted by Gasteiger charge is 2.12. The summed E-state index contributed by atoms with van der Waals surface area (Å²) >= 11 is 9.10. The number of rotatable bonds is 4. The molecule has 3 aromatic heterocycles. The summed E-state index contributed by atoms with van der Waals surface area (Å²) in [5.74, 6) is 0.596. The van der Waals surface area contributed by atoms with Gasteiger partial charge in [-0.1, -0.05) is 23.4 Å². The Balaban J connectivity index is 1.86. The first-order valence-corrected chi connectivity index (χ1v) is 7.95. The molecular formula is C12H9ClN4OS2. The van der Waals surface area contributed by atoms with Crippen molar-refractivity contribution in [3.05, 3.63) is 39.9 Å². The van der Waals surface area contributed by atoms with E-state index in [-0.39, 0.29) is 0 Å². The Kier molecular flexibility index (Phi) is 3.73. The van der Waals surface area contributed by atoms with Gasteiger partial charge in [-0.2, -0.15) is 0 Å². The highest BCUT2D eigenvalue weighted by molar-refractivity contribution is 7.98. The van der Waals surface area contributed by atoms with Crippen LogP contribution in [0.4, 0.5) is 0 Å². The molecule has 102 valence electrons. The third-order valence-corrected chi connectivity index (χ3v) is 4.54. The Hall–Kier alpha value is -1.44. The van der Waals surface area contributed by atoms with Crippen LogP contribution in [0.2, 0.25) is 5.15 Å². The first kappa shape index (κ1) is 13.5. The third-order valence-electron chi connectivity index (χ3n) is 2.62. The maximum absolute atomic E-state index is 10.8. The average Bonchev–Trinajstić information content (AvgIpc) is 2.96. The predicted molar refractivity (Wildman–Crippen MR) is 79.8 cm³/mol. The molecule has 3 rings (SSSR count). The minimum atomic E-state index is 0.389. The van der Waals surface area contributed by atoms with Crippen molar-refractivity contribution in [3.63, 3.8) is 0 Å². The molecule has 8 heteroatoms. The average molecular weight is 325 g/mol. The summed E-state index contributed by atoms with van der Waals surface area (Å²) < 4.78 is 1.95. The highest BCUT2D eigenvalue weighted by atomic mass is 35.5. The summed E-state index contributed by atoms with van der Waals surface area (Å²) in [5.41, 5.74) is 2.07. The molecule has 20 heavy (non-hydrogen) atoms. The van der Waals surface area contributed by atoms with Crippen LogP contribution in [0.1, 0.15) is 21.9 Å². The number of fused-ring (bicyclic) bond motifs is 1. The number of aromatic nitrogens is 4. The van der Waals surface area contributed by atoms with Gasteiger partial charge in [-0.3, -0.25) is 9.20 Å². The van der Waals surface area contributed by atoms with E-state index < -0.39 is 0 Å². The van der Waals surface area contributed by atoms with Gasteiger partial charge in [0.1, 0.15) is 5.69 Å². The van der Waals surface area contributed by atoms with E-state index in [1.165, 1.54) is 23.1 Å². The zero-order chi connectivity index (χ0) is 14.1. The van der Waals surface area contributed by atoms with E-state index in [0.29, 0.717) is 21.8 Å². The Morgan fingerprint density at radius 1 is 1.45 bits per heavy atom. The Labute approximate surface area is 128 Å². The highest BCUT2D eigenvalue weighted by Crippen LogP contribution is 2.27. The van der Waals surface area contributed by atoms with E-state index in [2.05, 4.69) is 15.0 Å². The van der Waals surface area contributed by atoms with Crippen LogP contribution in [-0.4, -0.2) is 25.6 Å². The molecule has 0 aliphatic heterocycles. The molecule has 3 heterocycles. The molecule has 3 aromatic rings. The van der Waals surface area contributed by atoms with Gasteiger partial charge in [0, 0.05) is 23.0 Å². The normalized spacial score (nSPS) is 11.1. The quantitative estimate of drug-likeness (QED) is 0.419. The number of aryl methyl sites for hydroxylation is 1. The van der Waals surface area contributed by atoms with Gasteiger partial charge >= 0.3 is 0 Å². The van der Waals surface area contributed by atoms with Gasteiger partial charge in [0.15, 0.2) is 21.6 Å². The van der Waals surface area contributed by atoms with Crippen LogP contribution in [0, 0.1) is 6.92 Å². The van der Waals surface area contributed by atoms with E-state index in [9.17, 15) is 4.79 Å². The minimum absolute atomic E-state index is 0.389. The number of imidazole rings is 1. The molecule has 5 nitrogen and oxygen atoms in total. The standard InChI is InChI=1S/C12H9ClN4OS2/c1-7-4-8(5-18)15-11(14-7)20-6-9-10(13)16-12-17(9)2-3-19-12/h2-5H,6H2,1H3. The molecular weight excluding hydrogens is 316 g/mol. The van der Waals surface area contributed by atoms with E-state index in [0.717, 1.165) is 22.6 Å². The molecule has 0 spiro atoms. The summed E-state index contributed by atoms with van der Waals surface area (Å²) in [6.07, 6.45) is 2.66. The molecule has 0 saturated carbocycles. The third kappa shape index (κ3) is 2.56. The number of thiazole rings is 1. The molecule has 0 unspecified atom stereocenters. The van der Waals surface area contributed by atoms with Crippen molar-refractivity contribution in [2.45, 2.75) is 17.8 Å². The summed E-state index contributed by atoms with van der Waals surface area (Å²) in [6.45, 7) is 1.83. The molecule has 0 bridgehead atoms. The van der Waals surface area contributed by atoms with Crippen LogP contribution in [0.5, 0.6) is 0 Å². The number of thioether (sulfide) groups is 1. The van der Waals surface area contributed by atoms with E-state index >= 15 is 0 Å². The van der Waals surface area contributed by atoms with Crippen molar-refractivity contribution in [1.29, 1.82) is 0 Å². The van der Waals surface area contributed by atoms with Gasteiger partial charge in [0.05, 0.1) is 5.69 Å². The maximum Gasteiger partial charge on any atom is 0.195 e. The molecule has 0 atom stereocenters. The van der Waals surface area contributed by atoms with Gasteiger partial charge in [-0.15, -0.1) is 11.3 Å². The summed E-state index contributed by atoms with van der Waals surface area (Å²) in [5, 5.41) is 3.02. The van der Waals surface area contributed by atoms with Crippen molar-refractivity contribution >= 4 is 45.9 Å². The molecule has 0 radical (unpaired) electrons. The topological polar surface area (TPSA) is 60.2 Å². The molecule has 0 amide bonds. The largest absolute Gasteiger partial charge is 0.296 e. The number of carbonyl (C=O) groups excluding carboxylic acids is 1. The number of hydrogen-bond acceptors (Lipinski definition) is 6. The summed E-state index contributed by atoms with van der Waals surface area (Å²) in [6, 6.07) is 1.65. The summed E-state index contributed by atoms with van der Waals surface area (Å²) in [7, 11) is 0. The lowest BCUT2D eigenvalue weighted by Gasteiger charge is -2.02. The van der Waals surface area contributed by atoms with Gasteiger partial charge in [-0.25, -0.2) is 15.0 Å².